The monoisotopic (exact) mass is 507 g/mol. The Bertz CT molecular complexity index is 1290. The van der Waals surface area contributed by atoms with E-state index in [0.717, 1.165) is 4.47 Å². The van der Waals surface area contributed by atoms with Crippen LogP contribution in [0.2, 0.25) is 5.02 Å². The van der Waals surface area contributed by atoms with Gasteiger partial charge in [0.1, 0.15) is 11.1 Å². The molecule has 0 atom stereocenters. The maximum atomic E-state index is 12.6. The first-order valence-electron chi connectivity index (χ1n) is 7.62. The smallest absolute Gasteiger partial charge is 0.351 e. The van der Waals surface area contributed by atoms with Crippen LogP contribution < -0.4 is 10.4 Å². The third-order valence-corrected chi connectivity index (χ3v) is 5.23. The number of aromatic nitrogens is 1. The number of esters is 1. The molecule has 0 aliphatic rings. The number of carbonyl (C=O) groups excluding carboxylic acids is 1. The molecule has 0 amide bonds. The summed E-state index contributed by atoms with van der Waals surface area (Å²) in [6.45, 7) is 0. The highest BCUT2D eigenvalue weighted by molar-refractivity contribution is 9.11. The zero-order chi connectivity index (χ0) is 19.1. The molecule has 4 aromatic rings. The molecule has 2 heterocycles. The van der Waals surface area contributed by atoms with Crippen molar-refractivity contribution in [2.45, 2.75) is 0 Å². The van der Waals surface area contributed by atoms with Gasteiger partial charge in [0.2, 0.25) is 0 Å². The fourth-order valence-electron chi connectivity index (χ4n) is 2.65. The van der Waals surface area contributed by atoms with E-state index in [2.05, 4.69) is 36.8 Å². The second kappa shape index (κ2) is 7.07. The quantitative estimate of drug-likeness (QED) is 0.196. The maximum absolute atomic E-state index is 12.6. The van der Waals surface area contributed by atoms with Crippen LogP contribution in [-0.2, 0) is 0 Å². The van der Waals surface area contributed by atoms with Gasteiger partial charge in [-0.2, -0.15) is 0 Å². The summed E-state index contributed by atoms with van der Waals surface area (Å²) in [6, 6.07) is 11.5. The van der Waals surface area contributed by atoms with Crippen molar-refractivity contribution in [3.8, 4) is 5.75 Å². The van der Waals surface area contributed by atoms with E-state index in [1.807, 2.05) is 0 Å². The second-order valence-electron chi connectivity index (χ2n) is 5.59. The Labute approximate surface area is 174 Å². The van der Waals surface area contributed by atoms with Crippen molar-refractivity contribution in [1.29, 1.82) is 0 Å². The Balaban J connectivity index is 1.79. The average molecular weight is 510 g/mol. The summed E-state index contributed by atoms with van der Waals surface area (Å²) in [5, 5.41) is 1.70. The van der Waals surface area contributed by atoms with Gasteiger partial charge in [-0.1, -0.05) is 27.5 Å². The van der Waals surface area contributed by atoms with Crippen molar-refractivity contribution >= 4 is 71.3 Å². The van der Waals surface area contributed by atoms with Crippen LogP contribution in [0.4, 0.5) is 0 Å². The molecular weight excluding hydrogens is 501 g/mol. The molecule has 0 aliphatic carbocycles. The van der Waals surface area contributed by atoms with E-state index >= 15 is 0 Å². The standard InChI is InChI=1S/C19H8Br2ClNO4/c20-10-6-9-7-12(19(25)27-17(9)13(21)8-10)18(24)26-15-4-3-14(22)11-2-1-5-23-16(11)15/h1-8H. The first-order valence-corrected chi connectivity index (χ1v) is 9.59. The molecule has 0 N–H and O–H groups in total. The summed E-state index contributed by atoms with van der Waals surface area (Å²) >= 11 is 12.8. The minimum absolute atomic E-state index is 0.204. The maximum Gasteiger partial charge on any atom is 0.351 e. The van der Waals surface area contributed by atoms with Gasteiger partial charge in [0.15, 0.2) is 11.3 Å². The summed E-state index contributed by atoms with van der Waals surface area (Å²) in [7, 11) is 0. The number of nitrogens with zero attached hydrogens (tertiary/aromatic N) is 1. The Morgan fingerprint density at radius 1 is 1.15 bits per heavy atom. The van der Waals surface area contributed by atoms with Crippen LogP contribution in [0.3, 0.4) is 0 Å². The SMILES string of the molecule is O=C(Oc1ccc(Cl)c2cccnc12)c1cc2cc(Br)cc(Br)c2oc1=O. The number of rotatable bonds is 2. The van der Waals surface area contributed by atoms with Crippen LogP contribution in [0.15, 0.2) is 66.8 Å². The van der Waals surface area contributed by atoms with Crippen LogP contribution in [0.5, 0.6) is 5.75 Å². The van der Waals surface area contributed by atoms with Gasteiger partial charge >= 0.3 is 11.6 Å². The third kappa shape index (κ3) is 3.38. The van der Waals surface area contributed by atoms with Crippen molar-refractivity contribution in [1.82, 2.24) is 4.98 Å². The molecule has 0 radical (unpaired) electrons. The Kier molecular flexibility index (Phi) is 4.75. The van der Waals surface area contributed by atoms with Crippen LogP contribution in [0.1, 0.15) is 10.4 Å². The highest BCUT2D eigenvalue weighted by Crippen LogP contribution is 2.31. The molecule has 0 fully saturated rings. The Morgan fingerprint density at radius 3 is 2.78 bits per heavy atom. The molecule has 2 aromatic heterocycles. The van der Waals surface area contributed by atoms with Gasteiger partial charge < -0.3 is 9.15 Å². The number of fused-ring (bicyclic) bond motifs is 2. The Hall–Kier alpha value is -2.22. The van der Waals surface area contributed by atoms with Crippen molar-refractivity contribution in [2.75, 3.05) is 0 Å². The van der Waals surface area contributed by atoms with E-state index in [1.54, 1.807) is 36.5 Å². The lowest BCUT2D eigenvalue weighted by molar-refractivity contribution is 0.0732. The van der Waals surface area contributed by atoms with Gasteiger partial charge in [-0.25, -0.2) is 9.59 Å². The number of hydrogen-bond acceptors (Lipinski definition) is 5. The van der Waals surface area contributed by atoms with Gasteiger partial charge in [-0.15, -0.1) is 0 Å². The summed E-state index contributed by atoms with van der Waals surface area (Å²) in [4.78, 5) is 29.1. The van der Waals surface area contributed by atoms with Crippen molar-refractivity contribution in [3.05, 3.63) is 78.6 Å². The first-order chi connectivity index (χ1) is 12.9. The number of pyridine rings is 1. The highest BCUT2D eigenvalue weighted by atomic mass is 79.9. The van der Waals surface area contributed by atoms with Crippen LogP contribution in [0, 0.1) is 0 Å². The minimum Gasteiger partial charge on any atom is -0.421 e. The fraction of sp³-hybridized carbons (Fsp3) is 0. The zero-order valence-corrected chi connectivity index (χ0v) is 17.3. The van der Waals surface area contributed by atoms with Crippen molar-refractivity contribution in [3.63, 3.8) is 0 Å². The lowest BCUT2D eigenvalue weighted by Gasteiger charge is -2.08. The van der Waals surface area contributed by atoms with E-state index in [9.17, 15) is 9.59 Å². The predicted octanol–water partition coefficient (Wildman–Crippen LogP) is 5.74. The number of benzene rings is 2. The molecule has 0 spiro atoms. The zero-order valence-electron chi connectivity index (χ0n) is 13.3. The predicted molar refractivity (Wildman–Crippen MR) is 110 cm³/mol. The summed E-state index contributed by atoms with van der Waals surface area (Å²) < 4.78 is 12.1. The molecule has 0 aliphatic heterocycles. The fourth-order valence-corrected chi connectivity index (χ4v) is 4.20. The average Bonchev–Trinajstić information content (AvgIpc) is 2.64. The highest BCUT2D eigenvalue weighted by Gasteiger charge is 2.19. The normalized spacial score (nSPS) is 11.1. The molecular formula is C19H8Br2ClNO4. The van der Waals surface area contributed by atoms with Gasteiger partial charge in [0.05, 0.1) is 9.50 Å². The van der Waals surface area contributed by atoms with E-state index in [1.165, 1.54) is 12.1 Å². The van der Waals surface area contributed by atoms with Gasteiger partial charge in [-0.05, 0) is 58.4 Å². The molecule has 0 unspecified atom stereocenters. The molecule has 27 heavy (non-hydrogen) atoms. The van der Waals surface area contributed by atoms with Gasteiger partial charge in [0.25, 0.3) is 0 Å². The van der Waals surface area contributed by atoms with Crippen LogP contribution >= 0.6 is 43.5 Å². The van der Waals surface area contributed by atoms with E-state index < -0.39 is 11.6 Å². The first kappa shape index (κ1) is 18.2. The minimum atomic E-state index is -0.837. The summed E-state index contributed by atoms with van der Waals surface area (Å²) in [5.41, 5.74) is -0.236. The lowest BCUT2D eigenvalue weighted by Crippen LogP contribution is -2.19. The molecule has 0 bridgehead atoms. The number of hydrogen-bond donors (Lipinski definition) is 0. The summed E-state index contributed by atoms with van der Waals surface area (Å²) in [5.74, 6) is -0.633. The van der Waals surface area contributed by atoms with E-state index in [4.69, 9.17) is 20.8 Å². The van der Waals surface area contributed by atoms with Crippen LogP contribution in [0.25, 0.3) is 21.9 Å². The topological polar surface area (TPSA) is 69.4 Å². The molecule has 0 saturated heterocycles. The van der Waals surface area contributed by atoms with Gasteiger partial charge in [0, 0.05) is 21.4 Å². The largest absolute Gasteiger partial charge is 0.421 e. The van der Waals surface area contributed by atoms with Crippen LogP contribution in [-0.4, -0.2) is 11.0 Å². The molecule has 0 saturated carbocycles. The molecule has 134 valence electrons. The molecule has 8 heteroatoms. The van der Waals surface area contributed by atoms with Crippen molar-refractivity contribution in [2.24, 2.45) is 0 Å². The lowest BCUT2D eigenvalue weighted by atomic mass is 10.2. The summed E-state index contributed by atoms with van der Waals surface area (Å²) in [6.07, 6.45) is 1.56. The van der Waals surface area contributed by atoms with Gasteiger partial charge in [-0.3, -0.25) is 4.98 Å². The molecule has 4 rings (SSSR count). The third-order valence-electron chi connectivity index (χ3n) is 3.85. The number of carbonyl (C=O) groups is 1. The number of ether oxygens (including phenoxy) is 1. The second-order valence-corrected chi connectivity index (χ2v) is 7.77. The number of halogens is 3. The van der Waals surface area contributed by atoms with E-state index in [0.29, 0.717) is 31.4 Å². The molecule has 2 aromatic carbocycles. The molecule has 5 nitrogen and oxygen atoms in total. The Morgan fingerprint density at radius 2 is 1.96 bits per heavy atom. The van der Waals surface area contributed by atoms with E-state index in [-0.39, 0.29) is 11.3 Å². The van der Waals surface area contributed by atoms with Crippen molar-refractivity contribution < 1.29 is 13.9 Å².